The van der Waals surface area contributed by atoms with Gasteiger partial charge in [0.05, 0.1) is 6.73 Å². The van der Waals surface area contributed by atoms with Gasteiger partial charge in [-0.1, -0.05) is 60.7 Å². The van der Waals surface area contributed by atoms with E-state index in [-0.39, 0.29) is 6.73 Å². The Bertz CT molecular complexity index is 486. The van der Waals surface area contributed by atoms with Crippen molar-refractivity contribution in [2.45, 2.75) is 24.8 Å². The molecule has 1 N–H and O–H groups in total. The highest BCUT2D eigenvalue weighted by atomic mass is 16.3. The molecule has 104 valence electrons. The van der Waals surface area contributed by atoms with Crippen LogP contribution in [0.4, 0.5) is 0 Å². The van der Waals surface area contributed by atoms with Gasteiger partial charge in [-0.2, -0.15) is 0 Å². The zero-order valence-corrected chi connectivity index (χ0v) is 11.7. The fourth-order valence-corrected chi connectivity index (χ4v) is 3.36. The monoisotopic (exact) mass is 267 g/mol. The molecule has 1 heterocycles. The maximum Gasteiger partial charge on any atom is 0.0959 e. The van der Waals surface area contributed by atoms with Gasteiger partial charge in [0.15, 0.2) is 0 Å². The molecule has 2 aromatic rings. The van der Waals surface area contributed by atoms with Crippen LogP contribution in [0.15, 0.2) is 60.7 Å². The molecule has 1 saturated heterocycles. The lowest BCUT2D eigenvalue weighted by Gasteiger charge is -2.31. The highest BCUT2D eigenvalue weighted by molar-refractivity contribution is 5.34. The average molecular weight is 267 g/mol. The zero-order chi connectivity index (χ0) is 13.8. The summed E-state index contributed by atoms with van der Waals surface area (Å²) in [7, 11) is 0. The predicted molar refractivity (Wildman–Crippen MR) is 81.5 cm³/mol. The van der Waals surface area contributed by atoms with Gasteiger partial charge in [0.1, 0.15) is 0 Å². The number of nitrogens with zero attached hydrogens (tertiary/aromatic N) is 1. The van der Waals surface area contributed by atoms with Crippen molar-refractivity contribution in [3.05, 3.63) is 71.8 Å². The molecule has 0 spiro atoms. The smallest absolute Gasteiger partial charge is 0.0959 e. The molecule has 0 aromatic heterocycles. The van der Waals surface area contributed by atoms with E-state index in [9.17, 15) is 5.11 Å². The number of aliphatic hydroxyl groups excluding tert-OH is 1. The molecular weight excluding hydrogens is 246 g/mol. The van der Waals surface area contributed by atoms with Crippen LogP contribution in [0.5, 0.6) is 0 Å². The molecule has 20 heavy (non-hydrogen) atoms. The first-order valence-corrected chi connectivity index (χ1v) is 7.35. The fourth-order valence-electron chi connectivity index (χ4n) is 3.36. The molecular formula is C18H21NO. The Labute approximate surface area is 120 Å². The molecule has 2 aromatic carbocycles. The van der Waals surface area contributed by atoms with Gasteiger partial charge in [0.25, 0.3) is 0 Å². The molecule has 0 saturated carbocycles. The van der Waals surface area contributed by atoms with Crippen LogP contribution in [-0.4, -0.2) is 29.3 Å². The Balaban J connectivity index is 2.00. The van der Waals surface area contributed by atoms with E-state index in [0.29, 0.717) is 12.0 Å². The van der Waals surface area contributed by atoms with Crippen molar-refractivity contribution in [1.82, 2.24) is 4.90 Å². The van der Waals surface area contributed by atoms with Crippen LogP contribution in [0.3, 0.4) is 0 Å². The van der Waals surface area contributed by atoms with Crippen molar-refractivity contribution < 1.29 is 5.11 Å². The van der Waals surface area contributed by atoms with Gasteiger partial charge in [-0.15, -0.1) is 0 Å². The van der Waals surface area contributed by atoms with Crippen molar-refractivity contribution in [3.8, 4) is 0 Å². The Morgan fingerprint density at radius 1 is 0.950 bits per heavy atom. The molecule has 0 unspecified atom stereocenters. The van der Waals surface area contributed by atoms with E-state index in [1.54, 1.807) is 0 Å². The molecule has 1 aliphatic heterocycles. The van der Waals surface area contributed by atoms with Crippen LogP contribution >= 0.6 is 0 Å². The third kappa shape index (κ3) is 2.62. The fraction of sp³-hybridized carbons (Fsp3) is 0.333. The van der Waals surface area contributed by atoms with Gasteiger partial charge in [0.2, 0.25) is 0 Å². The Kier molecular flexibility index (Phi) is 4.14. The molecule has 0 aliphatic carbocycles. The summed E-state index contributed by atoms with van der Waals surface area (Å²) in [4.78, 5) is 2.20. The van der Waals surface area contributed by atoms with Gasteiger partial charge >= 0.3 is 0 Å². The van der Waals surface area contributed by atoms with E-state index in [0.717, 1.165) is 13.0 Å². The van der Waals surface area contributed by atoms with Gasteiger partial charge in [-0.3, -0.25) is 4.90 Å². The molecule has 3 rings (SSSR count). The van der Waals surface area contributed by atoms with Crippen molar-refractivity contribution in [2.24, 2.45) is 0 Å². The first-order valence-electron chi connectivity index (χ1n) is 7.35. The van der Waals surface area contributed by atoms with Crippen LogP contribution in [0, 0.1) is 0 Å². The minimum absolute atomic E-state index is 0.154. The van der Waals surface area contributed by atoms with E-state index < -0.39 is 0 Å². The second-order valence-corrected chi connectivity index (χ2v) is 5.46. The average Bonchev–Trinajstić information content (AvgIpc) is 2.98. The topological polar surface area (TPSA) is 23.5 Å². The number of likely N-dealkylation sites (tertiary alicyclic amines) is 1. The van der Waals surface area contributed by atoms with Crippen LogP contribution in [0.2, 0.25) is 0 Å². The Hall–Kier alpha value is -1.64. The van der Waals surface area contributed by atoms with E-state index >= 15 is 0 Å². The quantitative estimate of drug-likeness (QED) is 0.919. The lowest BCUT2D eigenvalue weighted by atomic mass is 9.84. The number of rotatable bonds is 4. The van der Waals surface area contributed by atoms with Crippen molar-refractivity contribution in [2.75, 3.05) is 13.3 Å². The first kappa shape index (κ1) is 13.3. The third-order valence-corrected chi connectivity index (χ3v) is 4.30. The normalized spacial score (nSPS) is 19.6. The van der Waals surface area contributed by atoms with Crippen LogP contribution in [-0.2, 0) is 0 Å². The minimum atomic E-state index is 0.154. The molecule has 2 nitrogen and oxygen atoms in total. The van der Waals surface area contributed by atoms with Gasteiger partial charge < -0.3 is 5.11 Å². The molecule has 2 heteroatoms. The summed E-state index contributed by atoms with van der Waals surface area (Å²) < 4.78 is 0. The largest absolute Gasteiger partial charge is 0.381 e. The summed E-state index contributed by atoms with van der Waals surface area (Å²) in [6, 6.07) is 21.7. The summed E-state index contributed by atoms with van der Waals surface area (Å²) in [6.45, 7) is 1.15. The van der Waals surface area contributed by atoms with E-state index in [4.69, 9.17) is 0 Å². The second kappa shape index (κ2) is 6.21. The first-order chi connectivity index (χ1) is 9.90. The van der Waals surface area contributed by atoms with Crippen molar-refractivity contribution in [1.29, 1.82) is 0 Å². The Morgan fingerprint density at radius 2 is 1.50 bits per heavy atom. The third-order valence-electron chi connectivity index (χ3n) is 4.30. The van der Waals surface area contributed by atoms with Gasteiger partial charge in [-0.05, 0) is 24.0 Å². The van der Waals surface area contributed by atoms with Crippen molar-refractivity contribution >= 4 is 0 Å². The van der Waals surface area contributed by atoms with Crippen molar-refractivity contribution in [3.63, 3.8) is 0 Å². The zero-order valence-electron chi connectivity index (χ0n) is 11.7. The summed E-state index contributed by atoms with van der Waals surface area (Å²) in [6.07, 6.45) is 2.32. The summed E-state index contributed by atoms with van der Waals surface area (Å²) in [5, 5.41) is 9.61. The highest BCUT2D eigenvalue weighted by Gasteiger charge is 2.32. The Morgan fingerprint density at radius 3 is 2.00 bits per heavy atom. The van der Waals surface area contributed by atoms with Gasteiger partial charge in [0, 0.05) is 18.5 Å². The summed E-state index contributed by atoms with van der Waals surface area (Å²) in [5.41, 5.74) is 2.67. The van der Waals surface area contributed by atoms with Crippen LogP contribution in [0.1, 0.15) is 29.9 Å². The maximum atomic E-state index is 9.61. The number of benzene rings is 2. The standard InChI is InChI=1S/C18H21NO/c20-14-19-13-7-12-17(19)18(15-8-3-1-4-9-15)16-10-5-2-6-11-16/h1-6,8-11,17-18,20H,7,12-14H2/t17-/m0/s1. The number of hydrogen-bond acceptors (Lipinski definition) is 2. The number of hydrogen-bond donors (Lipinski definition) is 1. The van der Waals surface area contributed by atoms with E-state index in [2.05, 4.69) is 65.6 Å². The van der Waals surface area contributed by atoms with Gasteiger partial charge in [-0.25, -0.2) is 0 Å². The second-order valence-electron chi connectivity index (χ2n) is 5.46. The minimum Gasteiger partial charge on any atom is -0.381 e. The van der Waals surface area contributed by atoms with Crippen LogP contribution in [0.25, 0.3) is 0 Å². The van der Waals surface area contributed by atoms with E-state index in [1.807, 2.05) is 0 Å². The van der Waals surface area contributed by atoms with Crippen LogP contribution < -0.4 is 0 Å². The molecule has 0 radical (unpaired) electrons. The van der Waals surface area contributed by atoms with E-state index in [1.165, 1.54) is 17.5 Å². The molecule has 1 aliphatic rings. The number of aliphatic hydroxyl groups is 1. The lowest BCUT2D eigenvalue weighted by Crippen LogP contribution is -2.35. The highest BCUT2D eigenvalue weighted by Crippen LogP contribution is 2.35. The predicted octanol–water partition coefficient (Wildman–Crippen LogP) is 3.23. The molecule has 0 amide bonds. The molecule has 1 atom stereocenters. The summed E-state index contributed by atoms with van der Waals surface area (Å²) >= 11 is 0. The lowest BCUT2D eigenvalue weighted by molar-refractivity contribution is 0.0901. The SMILES string of the molecule is OCN1CCC[C@H]1C(c1ccccc1)c1ccccc1. The maximum absolute atomic E-state index is 9.61. The summed E-state index contributed by atoms with van der Waals surface area (Å²) in [5.74, 6) is 0.340. The molecule has 0 bridgehead atoms. The molecule has 1 fully saturated rings.